The summed E-state index contributed by atoms with van der Waals surface area (Å²) in [7, 11) is 0. The van der Waals surface area contributed by atoms with Gasteiger partial charge in [0.2, 0.25) is 0 Å². The normalized spacial score (nSPS) is 8.45. The van der Waals surface area contributed by atoms with Crippen molar-refractivity contribution in [2.45, 2.75) is 12.8 Å². The zero-order valence-electron chi connectivity index (χ0n) is 6.18. The van der Waals surface area contributed by atoms with E-state index in [1.807, 2.05) is 30.3 Å². The molecule has 56 valence electrons. The molecule has 0 aliphatic heterocycles. The molecule has 11 heavy (non-hydrogen) atoms. The molecule has 0 atom stereocenters. The van der Waals surface area contributed by atoms with Crippen LogP contribution in [0.1, 0.15) is 12.0 Å². The lowest BCUT2D eigenvalue weighted by atomic mass is 10.1. The fraction of sp³-hybridized carbons (Fsp3) is 0.200. The van der Waals surface area contributed by atoms with Gasteiger partial charge in [-0.1, -0.05) is 36.3 Å². The Morgan fingerprint density at radius 3 is 2.55 bits per heavy atom. The van der Waals surface area contributed by atoms with E-state index in [4.69, 9.17) is 0 Å². The number of benzene rings is 1. The summed E-state index contributed by atoms with van der Waals surface area (Å²) in [6.07, 6.45) is 2.82. The molecule has 1 heteroatoms. The van der Waals surface area contributed by atoms with Gasteiger partial charge in [-0.3, -0.25) is 0 Å². The van der Waals surface area contributed by atoms with Gasteiger partial charge < -0.3 is 0 Å². The maximum Gasteiger partial charge on any atom is 0.105 e. The third kappa shape index (κ3) is 2.86. The minimum Gasteiger partial charge on any atom is -0.144 e. The van der Waals surface area contributed by atoms with Crippen molar-refractivity contribution < 1.29 is 4.39 Å². The second kappa shape index (κ2) is 4.51. The molecule has 0 radical (unpaired) electrons. The van der Waals surface area contributed by atoms with Crippen LogP contribution in [-0.2, 0) is 6.42 Å². The summed E-state index contributed by atoms with van der Waals surface area (Å²) >= 11 is 0. The molecule has 0 aliphatic rings. The van der Waals surface area contributed by atoms with E-state index >= 15 is 0 Å². The SMILES string of the molecule is FC#CCCc1ccccc1. The van der Waals surface area contributed by atoms with E-state index in [-0.39, 0.29) is 0 Å². The minimum absolute atomic E-state index is 0.598. The maximum absolute atomic E-state index is 11.3. The third-order valence-corrected chi connectivity index (χ3v) is 1.45. The number of aryl methyl sites for hydroxylation is 1. The van der Waals surface area contributed by atoms with Crippen molar-refractivity contribution in [3.05, 3.63) is 35.9 Å². The molecule has 1 aromatic carbocycles. The Morgan fingerprint density at radius 2 is 1.91 bits per heavy atom. The highest BCUT2D eigenvalue weighted by atomic mass is 19.1. The van der Waals surface area contributed by atoms with Crippen molar-refractivity contribution in [1.82, 2.24) is 0 Å². The van der Waals surface area contributed by atoms with E-state index in [1.54, 1.807) is 0 Å². The zero-order chi connectivity index (χ0) is 7.94. The molecular formula is C10H9F. The second-order valence-corrected chi connectivity index (χ2v) is 2.26. The van der Waals surface area contributed by atoms with Crippen molar-refractivity contribution in [3.63, 3.8) is 0 Å². The summed E-state index contributed by atoms with van der Waals surface area (Å²) in [5, 5.41) is 0. The predicted octanol–water partition coefficient (Wildman–Crippen LogP) is 2.55. The lowest BCUT2D eigenvalue weighted by Crippen LogP contribution is -1.80. The van der Waals surface area contributed by atoms with Crippen LogP contribution in [0.5, 0.6) is 0 Å². The van der Waals surface area contributed by atoms with Crippen molar-refractivity contribution in [2.75, 3.05) is 0 Å². The van der Waals surface area contributed by atoms with Crippen LogP contribution in [0.15, 0.2) is 30.3 Å². The number of hydrogen-bond donors (Lipinski definition) is 0. The Hall–Kier alpha value is -1.29. The minimum atomic E-state index is 0.598. The van der Waals surface area contributed by atoms with Gasteiger partial charge in [0.1, 0.15) is 6.17 Å². The molecule has 1 aromatic rings. The first-order chi connectivity index (χ1) is 5.43. The topological polar surface area (TPSA) is 0 Å². The molecule has 0 aromatic heterocycles. The maximum atomic E-state index is 11.3. The van der Waals surface area contributed by atoms with Gasteiger partial charge in [-0.25, -0.2) is 0 Å². The Kier molecular flexibility index (Phi) is 3.21. The molecule has 0 aliphatic carbocycles. The fourth-order valence-electron chi connectivity index (χ4n) is 0.899. The first kappa shape index (κ1) is 7.81. The number of rotatable bonds is 2. The van der Waals surface area contributed by atoms with Crippen LogP contribution in [0.2, 0.25) is 0 Å². The molecular weight excluding hydrogens is 139 g/mol. The monoisotopic (exact) mass is 148 g/mol. The van der Waals surface area contributed by atoms with Gasteiger partial charge in [-0.2, -0.15) is 0 Å². The number of halogens is 1. The van der Waals surface area contributed by atoms with Gasteiger partial charge in [0.05, 0.1) is 0 Å². The average Bonchev–Trinajstić information content (AvgIpc) is 2.07. The zero-order valence-corrected chi connectivity index (χ0v) is 6.18. The van der Waals surface area contributed by atoms with E-state index < -0.39 is 0 Å². The Labute approximate surface area is 66.1 Å². The van der Waals surface area contributed by atoms with Crippen LogP contribution in [0.25, 0.3) is 0 Å². The smallest absolute Gasteiger partial charge is 0.105 e. The summed E-state index contributed by atoms with van der Waals surface area (Å²) in [6, 6.07) is 9.93. The quantitative estimate of drug-likeness (QED) is 0.565. The van der Waals surface area contributed by atoms with E-state index in [0.29, 0.717) is 6.42 Å². The molecule has 0 bridgehead atoms. The van der Waals surface area contributed by atoms with Crippen LogP contribution in [0.4, 0.5) is 4.39 Å². The van der Waals surface area contributed by atoms with Crippen LogP contribution in [-0.4, -0.2) is 0 Å². The van der Waals surface area contributed by atoms with Crippen LogP contribution >= 0.6 is 0 Å². The highest BCUT2D eigenvalue weighted by Gasteiger charge is 1.86. The lowest BCUT2D eigenvalue weighted by Gasteiger charge is -1.93. The summed E-state index contributed by atoms with van der Waals surface area (Å²) in [5.74, 6) is 2.38. The Bertz CT molecular complexity index is 253. The molecule has 0 unspecified atom stereocenters. The first-order valence-corrected chi connectivity index (χ1v) is 3.56. The summed E-state index contributed by atoms with van der Waals surface area (Å²) in [6.45, 7) is 0. The van der Waals surface area contributed by atoms with Crippen molar-refractivity contribution >= 4 is 0 Å². The fourth-order valence-corrected chi connectivity index (χ4v) is 0.899. The highest BCUT2D eigenvalue weighted by molar-refractivity contribution is 5.15. The van der Waals surface area contributed by atoms with E-state index in [2.05, 4.69) is 5.92 Å². The predicted molar refractivity (Wildman–Crippen MR) is 43.6 cm³/mol. The molecule has 1 rings (SSSR count). The lowest BCUT2D eigenvalue weighted by molar-refractivity contribution is 0.770. The molecule has 0 saturated heterocycles. The summed E-state index contributed by atoms with van der Waals surface area (Å²) < 4.78 is 11.3. The molecule has 0 spiro atoms. The van der Waals surface area contributed by atoms with Crippen molar-refractivity contribution in [1.29, 1.82) is 0 Å². The Morgan fingerprint density at radius 1 is 1.18 bits per heavy atom. The standard InChI is InChI=1S/C10H9F/c11-9-5-4-8-10-6-2-1-3-7-10/h1-3,6-7H,4,8H2. The molecule has 0 N–H and O–H groups in total. The van der Waals surface area contributed by atoms with Crippen molar-refractivity contribution in [3.8, 4) is 12.1 Å². The van der Waals surface area contributed by atoms with E-state index in [0.717, 1.165) is 6.42 Å². The highest BCUT2D eigenvalue weighted by Crippen LogP contribution is 2.00. The van der Waals surface area contributed by atoms with E-state index in [1.165, 1.54) is 11.7 Å². The second-order valence-electron chi connectivity index (χ2n) is 2.26. The van der Waals surface area contributed by atoms with Gasteiger partial charge in [0.25, 0.3) is 0 Å². The van der Waals surface area contributed by atoms with E-state index in [9.17, 15) is 4.39 Å². The van der Waals surface area contributed by atoms with Gasteiger partial charge in [-0.05, 0) is 12.0 Å². The molecule has 0 nitrogen and oxygen atoms in total. The molecule has 0 amide bonds. The summed E-state index contributed by atoms with van der Waals surface area (Å²) in [5.41, 5.74) is 1.20. The number of hydrogen-bond acceptors (Lipinski definition) is 0. The summed E-state index contributed by atoms with van der Waals surface area (Å²) in [4.78, 5) is 0. The van der Waals surface area contributed by atoms with Gasteiger partial charge in [0, 0.05) is 6.42 Å². The third-order valence-electron chi connectivity index (χ3n) is 1.45. The van der Waals surface area contributed by atoms with Crippen LogP contribution < -0.4 is 0 Å². The average molecular weight is 148 g/mol. The first-order valence-electron chi connectivity index (χ1n) is 3.56. The van der Waals surface area contributed by atoms with Gasteiger partial charge >= 0.3 is 0 Å². The van der Waals surface area contributed by atoms with Crippen LogP contribution in [0.3, 0.4) is 0 Å². The van der Waals surface area contributed by atoms with Gasteiger partial charge in [0.15, 0.2) is 0 Å². The largest absolute Gasteiger partial charge is 0.144 e. The molecule has 0 saturated carbocycles. The van der Waals surface area contributed by atoms with Crippen LogP contribution in [0, 0.1) is 12.1 Å². The van der Waals surface area contributed by atoms with Gasteiger partial charge in [-0.15, -0.1) is 4.39 Å². The molecule has 0 fully saturated rings. The molecule has 0 heterocycles. The van der Waals surface area contributed by atoms with Crippen molar-refractivity contribution in [2.24, 2.45) is 0 Å². The Balaban J connectivity index is 2.43.